The van der Waals surface area contributed by atoms with E-state index in [-0.39, 0.29) is 0 Å². The third-order valence-electron chi connectivity index (χ3n) is 2.18. The fourth-order valence-corrected chi connectivity index (χ4v) is 1.36. The van der Waals surface area contributed by atoms with Crippen LogP contribution in [0.3, 0.4) is 0 Å². The maximum atomic E-state index is 3.84. The van der Waals surface area contributed by atoms with Crippen LogP contribution in [0.2, 0.25) is 0 Å². The molecule has 0 atom stereocenters. The Kier molecular flexibility index (Phi) is 9.09. The van der Waals surface area contributed by atoms with Gasteiger partial charge in [-0.1, -0.05) is 65.7 Å². The highest BCUT2D eigenvalue weighted by molar-refractivity contribution is 4.75. The number of hydrogen-bond donors (Lipinski definition) is 0. The van der Waals surface area contributed by atoms with Gasteiger partial charge in [-0.05, 0) is 12.3 Å². The molecule has 0 nitrogen and oxygen atoms in total. The molecule has 0 saturated heterocycles. The zero-order valence-electron chi connectivity index (χ0n) is 8.86. The van der Waals surface area contributed by atoms with Gasteiger partial charge >= 0.3 is 0 Å². The van der Waals surface area contributed by atoms with Crippen LogP contribution in [0.5, 0.6) is 0 Å². The van der Waals surface area contributed by atoms with E-state index < -0.39 is 0 Å². The molecule has 0 heteroatoms. The second-order valence-corrected chi connectivity index (χ2v) is 3.93. The molecule has 0 aromatic carbocycles. The summed E-state index contributed by atoms with van der Waals surface area (Å²) in [7, 11) is 0. The summed E-state index contributed by atoms with van der Waals surface area (Å²) >= 11 is 0. The average Bonchev–Trinajstić information content (AvgIpc) is 2.02. The van der Waals surface area contributed by atoms with E-state index in [1.165, 1.54) is 44.9 Å². The van der Waals surface area contributed by atoms with Crippen LogP contribution >= 0.6 is 0 Å². The van der Waals surface area contributed by atoms with Crippen molar-refractivity contribution in [2.24, 2.45) is 0 Å². The monoisotopic (exact) mass is 168 g/mol. The molecule has 0 aliphatic heterocycles. The topological polar surface area (TPSA) is 0 Å². The van der Waals surface area contributed by atoms with Crippen molar-refractivity contribution in [1.29, 1.82) is 0 Å². The van der Waals surface area contributed by atoms with Crippen molar-refractivity contribution in [3.63, 3.8) is 0 Å². The molecule has 0 N–H and O–H groups in total. The minimum Gasteiger partial charge on any atom is -0.0594 e. The van der Waals surface area contributed by atoms with Gasteiger partial charge in [0.15, 0.2) is 0 Å². The Bertz CT molecular complexity index is 74.1. The molecule has 0 spiro atoms. The van der Waals surface area contributed by atoms with Crippen LogP contribution in [0.25, 0.3) is 0 Å². The van der Waals surface area contributed by atoms with Crippen LogP contribution in [0, 0.1) is 12.8 Å². The first-order valence-corrected chi connectivity index (χ1v) is 5.35. The Labute approximate surface area is 78.8 Å². The maximum absolute atomic E-state index is 3.84. The Morgan fingerprint density at radius 2 is 1.33 bits per heavy atom. The molecule has 2 radical (unpaired) electrons. The summed E-state index contributed by atoms with van der Waals surface area (Å²) in [5.74, 6) is 1.58. The van der Waals surface area contributed by atoms with E-state index in [9.17, 15) is 0 Å². The first-order valence-electron chi connectivity index (χ1n) is 5.35. The van der Waals surface area contributed by atoms with Crippen LogP contribution in [-0.4, -0.2) is 0 Å². The van der Waals surface area contributed by atoms with E-state index in [1.54, 1.807) is 5.92 Å². The molecular formula is C12H24. The van der Waals surface area contributed by atoms with Crippen molar-refractivity contribution in [3.05, 3.63) is 12.8 Å². The molecule has 0 aliphatic rings. The summed E-state index contributed by atoms with van der Waals surface area (Å²) in [4.78, 5) is 0. The van der Waals surface area contributed by atoms with E-state index in [1.807, 2.05) is 0 Å². The fraction of sp³-hybridized carbons (Fsp3) is 0.833. The molecule has 0 bridgehead atoms. The standard InChI is InChI=1S/C12H24/c1-4-5-6-7-8-9-10-11-12(2)3/h1,4-11H2,2-3H3. The van der Waals surface area contributed by atoms with Crippen LogP contribution in [-0.2, 0) is 0 Å². The lowest BCUT2D eigenvalue weighted by Crippen LogP contribution is -1.85. The van der Waals surface area contributed by atoms with E-state index >= 15 is 0 Å². The summed E-state index contributed by atoms with van der Waals surface area (Å²) in [6.45, 7) is 8.29. The van der Waals surface area contributed by atoms with Crippen LogP contribution < -0.4 is 0 Å². The lowest BCUT2D eigenvalue weighted by atomic mass is 10.0. The largest absolute Gasteiger partial charge is 0.0594 e. The van der Waals surface area contributed by atoms with Gasteiger partial charge in [-0.15, -0.1) is 0 Å². The third-order valence-corrected chi connectivity index (χ3v) is 2.18. The van der Waals surface area contributed by atoms with Gasteiger partial charge in [0.2, 0.25) is 0 Å². The Hall–Kier alpha value is 0. The van der Waals surface area contributed by atoms with Gasteiger partial charge in [-0.3, -0.25) is 0 Å². The van der Waals surface area contributed by atoms with Gasteiger partial charge in [0.25, 0.3) is 0 Å². The Morgan fingerprint density at radius 3 is 1.83 bits per heavy atom. The zero-order chi connectivity index (χ0) is 9.23. The van der Waals surface area contributed by atoms with Crippen LogP contribution in [0.15, 0.2) is 0 Å². The predicted octanol–water partition coefficient (Wildman–Crippen LogP) is 4.56. The van der Waals surface area contributed by atoms with Gasteiger partial charge in [0, 0.05) is 0 Å². The molecule has 0 aromatic rings. The number of rotatable bonds is 8. The van der Waals surface area contributed by atoms with E-state index in [0.29, 0.717) is 0 Å². The zero-order valence-corrected chi connectivity index (χ0v) is 8.86. The van der Waals surface area contributed by atoms with Gasteiger partial charge in [0.05, 0.1) is 0 Å². The molecule has 72 valence electrons. The van der Waals surface area contributed by atoms with Crippen molar-refractivity contribution in [1.82, 2.24) is 0 Å². The summed E-state index contributed by atoms with van der Waals surface area (Å²) in [6.07, 6.45) is 10.8. The summed E-state index contributed by atoms with van der Waals surface area (Å²) in [5, 5.41) is 0. The highest BCUT2D eigenvalue weighted by Gasteiger charge is 1.94. The molecule has 0 fully saturated rings. The first-order chi connectivity index (χ1) is 5.77. The van der Waals surface area contributed by atoms with Crippen molar-refractivity contribution in [2.75, 3.05) is 0 Å². The molecule has 0 aromatic heterocycles. The third kappa shape index (κ3) is 10.0. The van der Waals surface area contributed by atoms with Gasteiger partial charge in [0.1, 0.15) is 0 Å². The molecule has 12 heavy (non-hydrogen) atoms. The van der Waals surface area contributed by atoms with Crippen LogP contribution in [0.4, 0.5) is 0 Å². The minimum absolute atomic E-state index is 1.11. The number of hydrogen-bond acceptors (Lipinski definition) is 0. The lowest BCUT2D eigenvalue weighted by Gasteiger charge is -2.03. The summed E-state index contributed by atoms with van der Waals surface area (Å²) in [5.41, 5.74) is 0. The smallest absolute Gasteiger partial charge is 0.0303 e. The van der Waals surface area contributed by atoms with Crippen molar-refractivity contribution in [2.45, 2.75) is 65.2 Å². The molecule has 0 heterocycles. The predicted molar refractivity (Wildman–Crippen MR) is 56.9 cm³/mol. The summed E-state index contributed by atoms with van der Waals surface area (Å²) < 4.78 is 0. The maximum Gasteiger partial charge on any atom is -0.0303 e. The molecule has 0 rings (SSSR count). The van der Waals surface area contributed by atoms with Gasteiger partial charge in [-0.2, -0.15) is 0 Å². The normalized spacial score (nSPS) is 11.0. The Morgan fingerprint density at radius 1 is 0.833 bits per heavy atom. The first kappa shape index (κ1) is 12.0. The summed E-state index contributed by atoms with van der Waals surface area (Å²) in [6, 6.07) is 0. The number of unbranched alkanes of at least 4 members (excludes halogenated alkanes) is 6. The second-order valence-electron chi connectivity index (χ2n) is 3.93. The SMILES string of the molecule is [CH2]CCCCCCCC[C](C)C. The highest BCUT2D eigenvalue weighted by Crippen LogP contribution is 2.12. The molecule has 0 amide bonds. The lowest BCUT2D eigenvalue weighted by molar-refractivity contribution is 0.585. The van der Waals surface area contributed by atoms with E-state index in [2.05, 4.69) is 20.8 Å². The van der Waals surface area contributed by atoms with Gasteiger partial charge < -0.3 is 0 Å². The van der Waals surface area contributed by atoms with Crippen LogP contribution in [0.1, 0.15) is 65.2 Å². The van der Waals surface area contributed by atoms with Crippen molar-refractivity contribution in [3.8, 4) is 0 Å². The molecule has 0 unspecified atom stereocenters. The minimum atomic E-state index is 1.11. The van der Waals surface area contributed by atoms with Crippen molar-refractivity contribution >= 4 is 0 Å². The van der Waals surface area contributed by atoms with Gasteiger partial charge in [-0.25, -0.2) is 0 Å². The second kappa shape index (κ2) is 9.09. The molecular weight excluding hydrogens is 144 g/mol. The highest BCUT2D eigenvalue weighted by atomic mass is 14.0. The fourth-order valence-electron chi connectivity index (χ4n) is 1.36. The quantitative estimate of drug-likeness (QED) is 0.466. The molecule has 0 aliphatic carbocycles. The average molecular weight is 168 g/mol. The Balaban J connectivity index is 2.82. The van der Waals surface area contributed by atoms with Crippen molar-refractivity contribution < 1.29 is 0 Å². The van der Waals surface area contributed by atoms with E-state index in [0.717, 1.165) is 6.42 Å². The molecule has 0 saturated carbocycles. The van der Waals surface area contributed by atoms with E-state index in [4.69, 9.17) is 0 Å².